The standard InChI is InChI=1S/C20H22ClFN4O3/c1-20(2,3)29-19(28)25-24-15-8-10-26(18(15)27)16-7-6-12(11-14(16)22)13-5-4-9-23-17(13)21/h4-7,9,11,15,24H,8,10H2,1-3H3,(H,25,28)/t15-/m0/s1. The van der Waals surface area contributed by atoms with Crippen molar-refractivity contribution in [2.24, 2.45) is 0 Å². The molecule has 1 aliphatic rings. The molecule has 3 rings (SSSR count). The lowest BCUT2D eigenvalue weighted by Gasteiger charge is -2.21. The van der Waals surface area contributed by atoms with Gasteiger partial charge in [-0.1, -0.05) is 17.7 Å². The van der Waals surface area contributed by atoms with Gasteiger partial charge in [-0.25, -0.2) is 19.6 Å². The van der Waals surface area contributed by atoms with Crippen molar-refractivity contribution >= 4 is 29.3 Å². The van der Waals surface area contributed by atoms with Crippen molar-refractivity contribution in [2.45, 2.75) is 38.8 Å². The van der Waals surface area contributed by atoms with Crippen LogP contribution in [0.5, 0.6) is 0 Å². The summed E-state index contributed by atoms with van der Waals surface area (Å²) in [6.07, 6.45) is 1.27. The number of hydrogen-bond donors (Lipinski definition) is 2. The molecule has 1 fully saturated rings. The number of aromatic nitrogens is 1. The van der Waals surface area contributed by atoms with Gasteiger partial charge in [0, 0.05) is 18.3 Å². The van der Waals surface area contributed by atoms with Gasteiger partial charge in [-0.05, 0) is 57.0 Å². The summed E-state index contributed by atoms with van der Waals surface area (Å²) in [5.41, 5.74) is 5.70. The number of ether oxygens (including phenoxy) is 1. The number of carbonyl (C=O) groups is 2. The number of hydrogen-bond acceptors (Lipinski definition) is 5. The molecular formula is C20H22ClFN4O3. The van der Waals surface area contributed by atoms with Gasteiger partial charge in [-0.15, -0.1) is 0 Å². The summed E-state index contributed by atoms with van der Waals surface area (Å²) in [5, 5.41) is 0.273. The van der Waals surface area contributed by atoms with Crippen molar-refractivity contribution in [1.82, 2.24) is 15.8 Å². The molecule has 0 unspecified atom stereocenters. The van der Waals surface area contributed by atoms with E-state index in [1.165, 1.54) is 17.0 Å². The summed E-state index contributed by atoms with van der Waals surface area (Å²) in [6, 6.07) is 7.34. The molecule has 1 aromatic carbocycles. The maximum Gasteiger partial charge on any atom is 0.422 e. The summed E-state index contributed by atoms with van der Waals surface area (Å²) in [7, 11) is 0. The number of amides is 2. The van der Waals surface area contributed by atoms with Crippen molar-refractivity contribution in [2.75, 3.05) is 11.4 Å². The molecule has 2 heterocycles. The van der Waals surface area contributed by atoms with Crippen LogP contribution >= 0.6 is 11.6 Å². The molecule has 154 valence electrons. The van der Waals surface area contributed by atoms with E-state index >= 15 is 0 Å². The number of rotatable bonds is 4. The van der Waals surface area contributed by atoms with Crippen LogP contribution in [0.3, 0.4) is 0 Å². The number of halogens is 2. The van der Waals surface area contributed by atoms with E-state index in [1.807, 2.05) is 0 Å². The van der Waals surface area contributed by atoms with Crippen LogP contribution in [0.25, 0.3) is 11.1 Å². The normalized spacial score (nSPS) is 16.8. The summed E-state index contributed by atoms with van der Waals surface area (Å²) in [4.78, 5) is 29.7. The molecule has 2 N–H and O–H groups in total. The molecule has 1 aromatic heterocycles. The Kier molecular flexibility index (Phi) is 6.04. The van der Waals surface area contributed by atoms with Crippen LogP contribution in [-0.2, 0) is 9.53 Å². The fourth-order valence-electron chi connectivity index (χ4n) is 3.00. The second kappa shape index (κ2) is 8.34. The molecule has 1 saturated heterocycles. The van der Waals surface area contributed by atoms with Crippen molar-refractivity contribution < 1.29 is 18.7 Å². The lowest BCUT2D eigenvalue weighted by atomic mass is 10.1. The van der Waals surface area contributed by atoms with Gasteiger partial charge in [0.15, 0.2) is 0 Å². The predicted octanol–water partition coefficient (Wildman–Crippen LogP) is 3.68. The molecule has 2 amide bonds. The number of hydrazine groups is 1. The van der Waals surface area contributed by atoms with Crippen LogP contribution in [0.1, 0.15) is 27.2 Å². The van der Waals surface area contributed by atoms with Crippen LogP contribution in [0.2, 0.25) is 5.15 Å². The zero-order valence-corrected chi connectivity index (χ0v) is 17.1. The minimum atomic E-state index is -0.687. The highest BCUT2D eigenvalue weighted by Gasteiger charge is 2.34. The number of nitrogens with zero attached hydrogens (tertiary/aromatic N) is 2. The van der Waals surface area contributed by atoms with Crippen LogP contribution in [-0.4, -0.2) is 35.2 Å². The minimum Gasteiger partial charge on any atom is -0.443 e. The molecule has 2 aromatic rings. The Hall–Kier alpha value is -2.71. The van der Waals surface area contributed by atoms with Crippen LogP contribution in [0.4, 0.5) is 14.9 Å². The minimum absolute atomic E-state index is 0.167. The zero-order valence-electron chi connectivity index (χ0n) is 16.3. The van der Waals surface area contributed by atoms with Crippen molar-refractivity contribution in [1.29, 1.82) is 0 Å². The summed E-state index contributed by atoms with van der Waals surface area (Å²) >= 11 is 6.07. The lowest BCUT2D eigenvalue weighted by molar-refractivity contribution is -0.119. The van der Waals surface area contributed by atoms with E-state index in [-0.39, 0.29) is 16.7 Å². The Morgan fingerprint density at radius 3 is 2.76 bits per heavy atom. The highest BCUT2D eigenvalue weighted by atomic mass is 35.5. The van der Waals surface area contributed by atoms with Crippen LogP contribution in [0, 0.1) is 5.82 Å². The number of anilines is 1. The van der Waals surface area contributed by atoms with Gasteiger partial charge in [-0.2, -0.15) is 0 Å². The third-order valence-electron chi connectivity index (χ3n) is 4.26. The largest absolute Gasteiger partial charge is 0.443 e. The third kappa shape index (κ3) is 5.02. The van der Waals surface area contributed by atoms with Crippen molar-refractivity contribution in [3.63, 3.8) is 0 Å². The van der Waals surface area contributed by atoms with Crippen molar-refractivity contribution in [3.05, 3.63) is 47.5 Å². The van der Waals surface area contributed by atoms with E-state index in [2.05, 4.69) is 15.8 Å². The van der Waals surface area contributed by atoms with Crippen molar-refractivity contribution in [3.8, 4) is 11.1 Å². The zero-order chi connectivity index (χ0) is 21.2. The van der Waals surface area contributed by atoms with E-state index in [9.17, 15) is 14.0 Å². The average molecular weight is 421 g/mol. The Morgan fingerprint density at radius 1 is 1.34 bits per heavy atom. The van der Waals surface area contributed by atoms with Gasteiger partial charge in [0.25, 0.3) is 0 Å². The van der Waals surface area contributed by atoms with Gasteiger partial charge in [0.05, 0.1) is 5.69 Å². The lowest BCUT2D eigenvalue weighted by Crippen LogP contribution is -2.49. The third-order valence-corrected chi connectivity index (χ3v) is 4.56. The summed E-state index contributed by atoms with van der Waals surface area (Å²) in [5.74, 6) is -0.886. The van der Waals surface area contributed by atoms with E-state index in [0.717, 1.165) is 0 Å². The monoisotopic (exact) mass is 420 g/mol. The molecule has 1 atom stereocenters. The first kappa shape index (κ1) is 21.0. The molecular weight excluding hydrogens is 399 g/mol. The van der Waals surface area contributed by atoms with E-state index in [0.29, 0.717) is 24.1 Å². The molecule has 0 bridgehead atoms. The van der Waals surface area contributed by atoms with Crippen LogP contribution < -0.4 is 15.8 Å². The SMILES string of the molecule is CC(C)(C)OC(=O)NN[C@H]1CCN(c2ccc(-c3cccnc3Cl)cc2F)C1=O. The molecule has 29 heavy (non-hydrogen) atoms. The fraction of sp³-hybridized carbons (Fsp3) is 0.350. The Morgan fingerprint density at radius 2 is 2.10 bits per heavy atom. The number of carbonyl (C=O) groups excluding carboxylic acids is 2. The maximum absolute atomic E-state index is 14.8. The quantitative estimate of drug-likeness (QED) is 0.582. The van der Waals surface area contributed by atoms with Gasteiger partial charge >= 0.3 is 6.09 Å². The Bertz CT molecular complexity index is 932. The molecule has 0 radical (unpaired) electrons. The average Bonchev–Trinajstić information content (AvgIpc) is 2.99. The second-order valence-corrected chi connectivity index (χ2v) is 7.97. The number of pyridine rings is 1. The first-order valence-corrected chi connectivity index (χ1v) is 9.50. The van der Waals surface area contributed by atoms with Gasteiger partial charge in [-0.3, -0.25) is 10.2 Å². The second-order valence-electron chi connectivity index (χ2n) is 7.61. The van der Waals surface area contributed by atoms with Gasteiger partial charge < -0.3 is 9.64 Å². The molecule has 0 aliphatic carbocycles. The smallest absolute Gasteiger partial charge is 0.422 e. The van der Waals surface area contributed by atoms with E-state index < -0.39 is 23.6 Å². The molecule has 7 nitrogen and oxygen atoms in total. The number of benzene rings is 1. The Balaban J connectivity index is 1.68. The number of nitrogens with one attached hydrogen (secondary N) is 2. The summed E-state index contributed by atoms with van der Waals surface area (Å²) in [6.45, 7) is 5.52. The molecule has 0 spiro atoms. The topological polar surface area (TPSA) is 83.6 Å². The Labute approximate surface area is 173 Å². The summed E-state index contributed by atoms with van der Waals surface area (Å²) < 4.78 is 19.9. The van der Waals surface area contributed by atoms with Gasteiger partial charge in [0.1, 0.15) is 22.6 Å². The highest BCUT2D eigenvalue weighted by Crippen LogP contribution is 2.31. The van der Waals surface area contributed by atoms with Gasteiger partial charge in [0.2, 0.25) is 5.91 Å². The fourth-order valence-corrected chi connectivity index (χ4v) is 3.23. The molecule has 9 heteroatoms. The predicted molar refractivity (Wildman–Crippen MR) is 108 cm³/mol. The molecule has 0 saturated carbocycles. The maximum atomic E-state index is 14.8. The first-order chi connectivity index (χ1) is 13.7. The van der Waals surface area contributed by atoms with Crippen LogP contribution in [0.15, 0.2) is 36.5 Å². The highest BCUT2D eigenvalue weighted by molar-refractivity contribution is 6.32. The molecule has 1 aliphatic heterocycles. The van der Waals surface area contributed by atoms with E-state index in [4.69, 9.17) is 16.3 Å². The first-order valence-electron chi connectivity index (χ1n) is 9.12. The van der Waals surface area contributed by atoms with E-state index in [1.54, 1.807) is 45.2 Å².